The summed E-state index contributed by atoms with van der Waals surface area (Å²) in [6, 6.07) is 0.453. The van der Waals surface area contributed by atoms with Crippen LogP contribution in [0.3, 0.4) is 0 Å². The Labute approximate surface area is 118 Å². The molecule has 0 bridgehead atoms. The molecule has 0 radical (unpaired) electrons. The van der Waals surface area contributed by atoms with E-state index in [1.54, 1.807) is 4.90 Å². The lowest BCUT2D eigenvalue weighted by atomic mass is 10.0. The Balaban J connectivity index is 2.10. The molecule has 4 nitrogen and oxygen atoms in total. The fourth-order valence-electron chi connectivity index (χ4n) is 2.91. The van der Waals surface area contributed by atoms with Crippen molar-refractivity contribution in [3.63, 3.8) is 0 Å². The molecule has 1 saturated heterocycles. The lowest BCUT2D eigenvalue weighted by molar-refractivity contribution is -0.898. The highest BCUT2D eigenvalue weighted by molar-refractivity contribution is 5.77. The summed E-state index contributed by atoms with van der Waals surface area (Å²) in [5.74, 6) is 0.336. The molecule has 0 aromatic heterocycles. The van der Waals surface area contributed by atoms with Crippen LogP contribution in [0.1, 0.15) is 46.5 Å². The standard InChI is InChI=1S/C15H31N3O/c1-4-17(5-2)11-8-10-16-13-15(19)18-12-7-6-9-14(18)3/h14,16H,4-13H2,1-3H3/p+2/t14-/m1/s1. The number of amides is 1. The lowest BCUT2D eigenvalue weighted by Gasteiger charge is -2.32. The van der Waals surface area contributed by atoms with Crippen LogP contribution in [0.4, 0.5) is 0 Å². The third-order valence-corrected chi connectivity index (χ3v) is 4.38. The number of quaternary nitrogens is 2. The van der Waals surface area contributed by atoms with E-state index in [4.69, 9.17) is 0 Å². The molecule has 1 atom stereocenters. The lowest BCUT2D eigenvalue weighted by Crippen LogP contribution is -3.11. The number of carbonyl (C=O) groups is 1. The van der Waals surface area contributed by atoms with Crippen LogP contribution in [0.15, 0.2) is 0 Å². The fourth-order valence-corrected chi connectivity index (χ4v) is 2.91. The van der Waals surface area contributed by atoms with Gasteiger partial charge in [-0.3, -0.25) is 4.79 Å². The molecule has 19 heavy (non-hydrogen) atoms. The van der Waals surface area contributed by atoms with E-state index in [-0.39, 0.29) is 0 Å². The van der Waals surface area contributed by atoms with Crippen LogP contribution in [0.25, 0.3) is 0 Å². The molecule has 1 aliphatic heterocycles. The van der Waals surface area contributed by atoms with Crippen LogP contribution in [0.2, 0.25) is 0 Å². The van der Waals surface area contributed by atoms with Crippen molar-refractivity contribution in [1.29, 1.82) is 0 Å². The molecule has 1 rings (SSSR count). The number of nitrogens with zero attached hydrogens (tertiary/aromatic N) is 1. The Hall–Kier alpha value is -0.610. The molecule has 1 heterocycles. The molecule has 112 valence electrons. The van der Waals surface area contributed by atoms with E-state index in [0.717, 1.165) is 13.1 Å². The van der Waals surface area contributed by atoms with Crippen LogP contribution < -0.4 is 10.2 Å². The summed E-state index contributed by atoms with van der Waals surface area (Å²) < 4.78 is 0. The third-order valence-electron chi connectivity index (χ3n) is 4.38. The van der Waals surface area contributed by atoms with E-state index < -0.39 is 0 Å². The van der Waals surface area contributed by atoms with Crippen LogP contribution in [0.5, 0.6) is 0 Å². The summed E-state index contributed by atoms with van der Waals surface area (Å²) in [5.41, 5.74) is 0. The summed E-state index contributed by atoms with van der Waals surface area (Å²) in [5, 5.41) is 2.19. The average molecular weight is 271 g/mol. The second-order valence-corrected chi connectivity index (χ2v) is 5.77. The molecule has 0 saturated carbocycles. The van der Waals surface area contributed by atoms with E-state index >= 15 is 0 Å². The number of hydrogen-bond donors (Lipinski definition) is 2. The highest BCUT2D eigenvalue weighted by Gasteiger charge is 2.23. The van der Waals surface area contributed by atoms with Crippen molar-refractivity contribution in [1.82, 2.24) is 4.90 Å². The number of carbonyl (C=O) groups excluding carboxylic acids is 1. The van der Waals surface area contributed by atoms with Crippen molar-refractivity contribution in [3.8, 4) is 0 Å². The highest BCUT2D eigenvalue weighted by Crippen LogP contribution is 2.15. The second-order valence-electron chi connectivity index (χ2n) is 5.77. The van der Waals surface area contributed by atoms with Crippen molar-refractivity contribution in [2.45, 2.75) is 52.5 Å². The van der Waals surface area contributed by atoms with Gasteiger partial charge in [0, 0.05) is 19.0 Å². The van der Waals surface area contributed by atoms with Gasteiger partial charge in [0.1, 0.15) is 0 Å². The zero-order chi connectivity index (χ0) is 14.1. The third kappa shape index (κ3) is 5.91. The highest BCUT2D eigenvalue weighted by atomic mass is 16.2. The zero-order valence-corrected chi connectivity index (χ0v) is 13.1. The van der Waals surface area contributed by atoms with E-state index in [2.05, 4.69) is 31.0 Å². The predicted molar refractivity (Wildman–Crippen MR) is 78.2 cm³/mol. The number of hydrogen-bond acceptors (Lipinski definition) is 1. The van der Waals surface area contributed by atoms with Crippen LogP contribution in [-0.2, 0) is 4.79 Å². The zero-order valence-electron chi connectivity index (χ0n) is 13.1. The average Bonchev–Trinajstić information content (AvgIpc) is 2.43. The minimum absolute atomic E-state index is 0.336. The quantitative estimate of drug-likeness (QED) is 0.561. The van der Waals surface area contributed by atoms with E-state index in [0.29, 0.717) is 18.5 Å². The first-order chi connectivity index (χ1) is 9.19. The summed E-state index contributed by atoms with van der Waals surface area (Å²) in [6.07, 6.45) is 4.85. The largest absolute Gasteiger partial charge is 0.338 e. The summed E-state index contributed by atoms with van der Waals surface area (Å²) in [6.45, 7) is 13.0. The summed E-state index contributed by atoms with van der Waals surface area (Å²) >= 11 is 0. The maximum absolute atomic E-state index is 12.1. The van der Waals surface area contributed by atoms with Crippen molar-refractivity contribution >= 4 is 5.91 Å². The maximum atomic E-state index is 12.1. The summed E-state index contributed by atoms with van der Waals surface area (Å²) in [7, 11) is 0. The molecule has 0 aromatic rings. The minimum Gasteiger partial charge on any atom is -0.338 e. The molecule has 0 aliphatic carbocycles. The number of nitrogens with two attached hydrogens (primary N) is 1. The van der Waals surface area contributed by atoms with Crippen molar-refractivity contribution < 1.29 is 15.0 Å². The van der Waals surface area contributed by atoms with Crippen molar-refractivity contribution in [2.75, 3.05) is 39.3 Å². The van der Waals surface area contributed by atoms with E-state index in [1.807, 2.05) is 0 Å². The maximum Gasteiger partial charge on any atom is 0.277 e. The van der Waals surface area contributed by atoms with Gasteiger partial charge in [-0.05, 0) is 40.0 Å². The van der Waals surface area contributed by atoms with Gasteiger partial charge in [-0.2, -0.15) is 0 Å². The summed E-state index contributed by atoms with van der Waals surface area (Å²) in [4.78, 5) is 15.8. The van der Waals surface area contributed by atoms with Gasteiger partial charge in [-0.15, -0.1) is 0 Å². The molecule has 1 amide bonds. The van der Waals surface area contributed by atoms with Gasteiger partial charge in [0.2, 0.25) is 0 Å². The smallest absolute Gasteiger partial charge is 0.277 e. The van der Waals surface area contributed by atoms with E-state index in [1.165, 1.54) is 45.3 Å². The fraction of sp³-hybridized carbons (Fsp3) is 0.933. The SMILES string of the molecule is CC[NH+](CC)CCC[NH2+]CC(=O)N1CCCC[C@H]1C. The molecular formula is C15H33N3O+2. The predicted octanol–water partition coefficient (Wildman–Crippen LogP) is -0.734. The Morgan fingerprint density at radius 1 is 1.32 bits per heavy atom. The number of piperidine rings is 1. The minimum atomic E-state index is 0.336. The monoisotopic (exact) mass is 271 g/mol. The van der Waals surface area contributed by atoms with Gasteiger partial charge in [0.25, 0.3) is 5.91 Å². The topological polar surface area (TPSA) is 41.4 Å². The van der Waals surface area contributed by atoms with Gasteiger partial charge < -0.3 is 15.1 Å². The molecule has 0 spiro atoms. The molecule has 1 aliphatic rings. The molecular weight excluding hydrogens is 238 g/mol. The number of rotatable bonds is 8. The Kier molecular flexibility index (Phi) is 8.07. The van der Waals surface area contributed by atoms with Gasteiger partial charge in [-0.1, -0.05) is 0 Å². The second kappa shape index (κ2) is 9.32. The molecule has 3 N–H and O–H groups in total. The Morgan fingerprint density at radius 2 is 2.05 bits per heavy atom. The van der Waals surface area contributed by atoms with Crippen LogP contribution in [0, 0.1) is 0 Å². The van der Waals surface area contributed by atoms with Crippen molar-refractivity contribution in [2.24, 2.45) is 0 Å². The van der Waals surface area contributed by atoms with Gasteiger partial charge in [-0.25, -0.2) is 0 Å². The first-order valence-corrected chi connectivity index (χ1v) is 8.13. The molecule has 0 unspecified atom stereocenters. The normalized spacial score (nSPS) is 20.0. The number of nitrogens with one attached hydrogen (secondary N) is 1. The first kappa shape index (κ1) is 16.4. The molecule has 4 heteroatoms. The van der Waals surface area contributed by atoms with Gasteiger partial charge in [0.05, 0.1) is 26.2 Å². The van der Waals surface area contributed by atoms with Crippen LogP contribution in [-0.4, -0.2) is 56.1 Å². The first-order valence-electron chi connectivity index (χ1n) is 8.13. The van der Waals surface area contributed by atoms with Gasteiger partial charge in [0.15, 0.2) is 6.54 Å². The Morgan fingerprint density at radius 3 is 2.68 bits per heavy atom. The van der Waals surface area contributed by atoms with Gasteiger partial charge >= 0.3 is 0 Å². The molecule has 1 fully saturated rings. The van der Waals surface area contributed by atoms with Crippen LogP contribution >= 0.6 is 0 Å². The number of likely N-dealkylation sites (tertiary alicyclic amines) is 1. The molecule has 0 aromatic carbocycles. The van der Waals surface area contributed by atoms with E-state index in [9.17, 15) is 4.79 Å². The van der Waals surface area contributed by atoms with Crippen molar-refractivity contribution in [3.05, 3.63) is 0 Å². The Bertz CT molecular complexity index is 254.